The predicted octanol–water partition coefficient (Wildman–Crippen LogP) is 1.80. The highest BCUT2D eigenvalue weighted by Gasteiger charge is 2.25. The zero-order chi connectivity index (χ0) is 14.2. The Hall–Kier alpha value is -0.650. The van der Waals surface area contributed by atoms with Gasteiger partial charge in [-0.1, -0.05) is 0 Å². The van der Waals surface area contributed by atoms with Gasteiger partial charge in [0.05, 0.1) is 19.1 Å². The van der Waals surface area contributed by atoms with Gasteiger partial charge in [0, 0.05) is 13.2 Å². The Morgan fingerprint density at radius 3 is 2.70 bits per heavy atom. The maximum Gasteiger partial charge on any atom is 0.309 e. The molecule has 0 radical (unpaired) electrons. The molecule has 1 atom stereocenters. The first-order chi connectivity index (χ1) is 9.79. The van der Waals surface area contributed by atoms with Crippen molar-refractivity contribution in [2.24, 2.45) is 5.92 Å². The van der Waals surface area contributed by atoms with E-state index in [-0.39, 0.29) is 18.2 Å². The maximum absolute atomic E-state index is 11.6. The van der Waals surface area contributed by atoms with Crippen molar-refractivity contribution in [2.45, 2.75) is 45.3 Å². The average molecular weight is 285 g/mol. The smallest absolute Gasteiger partial charge is 0.309 e. The molecule has 0 aromatic rings. The predicted molar refractivity (Wildman–Crippen MR) is 75.3 cm³/mol. The van der Waals surface area contributed by atoms with Crippen LogP contribution < -0.4 is 0 Å². The molecule has 2 heterocycles. The number of carbonyl (C=O) groups is 1. The molecule has 20 heavy (non-hydrogen) atoms. The minimum atomic E-state index is -0.0287. The number of rotatable bonds is 6. The summed E-state index contributed by atoms with van der Waals surface area (Å²) < 4.78 is 16.4. The van der Waals surface area contributed by atoms with Gasteiger partial charge in [0.25, 0.3) is 0 Å². The van der Waals surface area contributed by atoms with Crippen LogP contribution in [0.1, 0.15) is 39.0 Å². The number of nitrogens with zero attached hydrogens (tertiary/aromatic N) is 1. The third kappa shape index (κ3) is 5.04. The van der Waals surface area contributed by atoms with E-state index >= 15 is 0 Å². The van der Waals surface area contributed by atoms with Crippen molar-refractivity contribution >= 4 is 5.97 Å². The standard InChI is InChI=1S/C15H27NO4/c1-2-18-15(17)13-6-8-16(9-7-13)10-12-20-14-5-3-4-11-19-14/h13-14H,2-12H2,1H3. The number of hydrogen-bond donors (Lipinski definition) is 0. The first-order valence-corrected chi connectivity index (χ1v) is 7.91. The lowest BCUT2D eigenvalue weighted by Gasteiger charge is -2.31. The van der Waals surface area contributed by atoms with Gasteiger partial charge in [-0.15, -0.1) is 0 Å². The van der Waals surface area contributed by atoms with Gasteiger partial charge in [0.1, 0.15) is 0 Å². The third-order valence-electron chi connectivity index (χ3n) is 4.06. The largest absolute Gasteiger partial charge is 0.466 e. The lowest BCUT2D eigenvalue weighted by atomic mass is 9.97. The molecule has 116 valence electrons. The quantitative estimate of drug-likeness (QED) is 0.697. The Morgan fingerprint density at radius 1 is 1.25 bits per heavy atom. The molecule has 2 rings (SSSR count). The first-order valence-electron chi connectivity index (χ1n) is 7.91. The number of likely N-dealkylation sites (tertiary alicyclic amines) is 1. The van der Waals surface area contributed by atoms with E-state index in [4.69, 9.17) is 14.2 Å². The molecule has 0 bridgehead atoms. The van der Waals surface area contributed by atoms with Gasteiger partial charge in [0.2, 0.25) is 0 Å². The third-order valence-corrected chi connectivity index (χ3v) is 4.06. The summed E-state index contributed by atoms with van der Waals surface area (Å²) in [7, 11) is 0. The maximum atomic E-state index is 11.6. The van der Waals surface area contributed by atoms with Gasteiger partial charge in [0.15, 0.2) is 6.29 Å². The highest BCUT2D eigenvalue weighted by atomic mass is 16.7. The van der Waals surface area contributed by atoms with Crippen LogP contribution in [0.2, 0.25) is 0 Å². The fourth-order valence-electron chi connectivity index (χ4n) is 2.81. The first kappa shape index (κ1) is 15.7. The van der Waals surface area contributed by atoms with Gasteiger partial charge in [-0.2, -0.15) is 0 Å². The van der Waals surface area contributed by atoms with E-state index in [1.165, 1.54) is 6.42 Å². The number of piperidine rings is 1. The topological polar surface area (TPSA) is 48.0 Å². The van der Waals surface area contributed by atoms with Gasteiger partial charge in [-0.05, 0) is 52.1 Å². The molecule has 0 amide bonds. The second kappa shape index (κ2) is 8.60. The summed E-state index contributed by atoms with van der Waals surface area (Å²) >= 11 is 0. The van der Waals surface area contributed by atoms with Gasteiger partial charge in [-0.3, -0.25) is 4.79 Å². The second-order valence-electron chi connectivity index (χ2n) is 5.53. The monoisotopic (exact) mass is 285 g/mol. The van der Waals surface area contributed by atoms with Crippen LogP contribution in [0.25, 0.3) is 0 Å². The van der Waals surface area contributed by atoms with Crippen LogP contribution in [-0.4, -0.2) is 56.6 Å². The van der Waals surface area contributed by atoms with Crippen molar-refractivity contribution in [3.63, 3.8) is 0 Å². The Balaban J connectivity index is 1.56. The summed E-state index contributed by atoms with van der Waals surface area (Å²) in [5.74, 6) is 0.0628. The zero-order valence-corrected chi connectivity index (χ0v) is 12.5. The number of esters is 1. The van der Waals surface area contributed by atoms with Crippen molar-refractivity contribution in [3.8, 4) is 0 Å². The zero-order valence-electron chi connectivity index (χ0n) is 12.5. The highest BCUT2D eigenvalue weighted by molar-refractivity contribution is 5.72. The van der Waals surface area contributed by atoms with Gasteiger partial charge >= 0.3 is 5.97 Å². The molecular weight excluding hydrogens is 258 g/mol. The molecule has 5 heteroatoms. The minimum Gasteiger partial charge on any atom is -0.466 e. The van der Waals surface area contributed by atoms with Crippen molar-refractivity contribution < 1.29 is 19.0 Å². The van der Waals surface area contributed by atoms with E-state index < -0.39 is 0 Å². The van der Waals surface area contributed by atoms with Crippen LogP contribution >= 0.6 is 0 Å². The molecule has 2 aliphatic rings. The van der Waals surface area contributed by atoms with E-state index in [2.05, 4.69) is 4.90 Å². The lowest BCUT2D eigenvalue weighted by Crippen LogP contribution is -2.39. The van der Waals surface area contributed by atoms with Crippen molar-refractivity contribution in [3.05, 3.63) is 0 Å². The molecule has 0 aliphatic carbocycles. The average Bonchev–Trinajstić information content (AvgIpc) is 2.49. The molecule has 2 saturated heterocycles. The number of ether oxygens (including phenoxy) is 3. The summed E-state index contributed by atoms with van der Waals surface area (Å²) in [6.07, 6.45) is 5.18. The molecule has 0 N–H and O–H groups in total. The number of hydrogen-bond acceptors (Lipinski definition) is 5. The van der Waals surface area contributed by atoms with E-state index in [1.54, 1.807) is 0 Å². The Kier molecular flexibility index (Phi) is 6.76. The summed E-state index contributed by atoms with van der Waals surface area (Å²) in [6.45, 7) is 6.72. The molecule has 0 saturated carbocycles. The Bertz CT molecular complexity index is 284. The van der Waals surface area contributed by atoms with E-state index in [1.807, 2.05) is 6.92 Å². The highest BCUT2D eigenvalue weighted by Crippen LogP contribution is 2.19. The van der Waals surface area contributed by atoms with Crippen LogP contribution in [-0.2, 0) is 19.0 Å². The molecule has 1 unspecified atom stereocenters. The molecule has 5 nitrogen and oxygen atoms in total. The van der Waals surface area contributed by atoms with Crippen LogP contribution in [0.3, 0.4) is 0 Å². The molecule has 2 aliphatic heterocycles. The normalized spacial score (nSPS) is 25.6. The van der Waals surface area contributed by atoms with Crippen LogP contribution in [0.5, 0.6) is 0 Å². The van der Waals surface area contributed by atoms with Crippen molar-refractivity contribution in [1.82, 2.24) is 4.90 Å². The SMILES string of the molecule is CCOC(=O)C1CCN(CCOC2CCCCO2)CC1. The van der Waals surface area contributed by atoms with Crippen LogP contribution in [0, 0.1) is 5.92 Å². The van der Waals surface area contributed by atoms with Crippen LogP contribution in [0.4, 0.5) is 0 Å². The molecular formula is C15H27NO4. The summed E-state index contributed by atoms with van der Waals surface area (Å²) in [6, 6.07) is 0. The lowest BCUT2D eigenvalue weighted by molar-refractivity contribution is -0.164. The second-order valence-corrected chi connectivity index (χ2v) is 5.53. The summed E-state index contributed by atoms with van der Waals surface area (Å²) in [4.78, 5) is 14.0. The van der Waals surface area contributed by atoms with Gasteiger partial charge in [-0.25, -0.2) is 0 Å². The molecule has 2 fully saturated rings. The fourth-order valence-corrected chi connectivity index (χ4v) is 2.81. The van der Waals surface area contributed by atoms with Gasteiger partial charge < -0.3 is 19.1 Å². The minimum absolute atomic E-state index is 0.000760. The Morgan fingerprint density at radius 2 is 2.05 bits per heavy atom. The fraction of sp³-hybridized carbons (Fsp3) is 0.933. The molecule has 0 aromatic carbocycles. The summed E-state index contributed by atoms with van der Waals surface area (Å²) in [5, 5.41) is 0. The molecule has 0 aromatic heterocycles. The van der Waals surface area contributed by atoms with E-state index in [0.29, 0.717) is 6.61 Å². The Labute approximate surface area is 121 Å². The van der Waals surface area contributed by atoms with Crippen LogP contribution in [0.15, 0.2) is 0 Å². The molecule has 0 spiro atoms. The van der Waals surface area contributed by atoms with E-state index in [0.717, 1.165) is 58.5 Å². The van der Waals surface area contributed by atoms with Crippen molar-refractivity contribution in [1.29, 1.82) is 0 Å². The van der Waals surface area contributed by atoms with E-state index in [9.17, 15) is 4.79 Å². The number of carbonyl (C=O) groups excluding carboxylic acids is 1. The summed E-state index contributed by atoms with van der Waals surface area (Å²) in [5.41, 5.74) is 0. The van der Waals surface area contributed by atoms with Crippen molar-refractivity contribution in [2.75, 3.05) is 39.5 Å².